The van der Waals surface area contributed by atoms with Gasteiger partial charge in [0.1, 0.15) is 24.0 Å². The average Bonchev–Trinajstić information content (AvgIpc) is 2.55. The van der Waals surface area contributed by atoms with Gasteiger partial charge in [0, 0.05) is 0 Å². The second-order valence-electron chi connectivity index (χ2n) is 5.65. The van der Waals surface area contributed by atoms with Crippen molar-refractivity contribution in [1.29, 1.82) is 0 Å². The topological polar surface area (TPSA) is 49.2 Å². The Morgan fingerprint density at radius 1 is 1.32 bits per heavy atom. The summed E-state index contributed by atoms with van der Waals surface area (Å²) in [6.07, 6.45) is 1.97. The number of quaternary nitrogens is 1. The highest BCUT2D eigenvalue weighted by molar-refractivity contribution is 5.72. The third-order valence-corrected chi connectivity index (χ3v) is 4.17. The third-order valence-electron chi connectivity index (χ3n) is 4.17. The molecule has 1 aromatic rings. The second kappa shape index (κ2) is 8.03. The first-order chi connectivity index (χ1) is 10.7. The van der Waals surface area contributed by atoms with Crippen molar-refractivity contribution in [2.24, 2.45) is 5.92 Å². The molecule has 122 valence electrons. The fraction of sp³-hybridized carbons (Fsp3) is 0.588. The van der Waals surface area contributed by atoms with Crippen LogP contribution in [-0.2, 0) is 16.1 Å². The highest BCUT2D eigenvalue weighted by Crippen LogP contribution is 2.23. The first kappa shape index (κ1) is 16.6. The van der Waals surface area contributed by atoms with Crippen LogP contribution in [0, 0.1) is 5.92 Å². The van der Waals surface area contributed by atoms with E-state index in [1.165, 1.54) is 4.90 Å². The van der Waals surface area contributed by atoms with Crippen LogP contribution in [-0.4, -0.2) is 39.9 Å². The summed E-state index contributed by atoms with van der Waals surface area (Å²) in [5.74, 6) is 1.65. The smallest absolute Gasteiger partial charge is 0.314 e. The van der Waals surface area contributed by atoms with E-state index in [1.807, 2.05) is 25.1 Å². The Morgan fingerprint density at radius 2 is 2.14 bits per heavy atom. The van der Waals surface area contributed by atoms with Crippen LogP contribution in [0.1, 0.15) is 25.3 Å². The summed E-state index contributed by atoms with van der Waals surface area (Å²) in [4.78, 5) is 13.3. The van der Waals surface area contributed by atoms with Gasteiger partial charge in [0.25, 0.3) is 0 Å². The Morgan fingerprint density at radius 3 is 2.82 bits per heavy atom. The molecule has 1 aromatic carbocycles. The van der Waals surface area contributed by atoms with Crippen molar-refractivity contribution in [3.63, 3.8) is 0 Å². The highest BCUT2D eigenvalue weighted by atomic mass is 16.5. The summed E-state index contributed by atoms with van der Waals surface area (Å²) in [5.41, 5.74) is 1.11. The minimum atomic E-state index is -0.0580. The molecule has 0 amide bonds. The van der Waals surface area contributed by atoms with E-state index < -0.39 is 0 Å². The molecule has 1 unspecified atom stereocenters. The first-order valence-electron chi connectivity index (χ1n) is 7.89. The lowest BCUT2D eigenvalue weighted by atomic mass is 9.97. The van der Waals surface area contributed by atoms with Gasteiger partial charge in [-0.1, -0.05) is 0 Å². The summed E-state index contributed by atoms with van der Waals surface area (Å²) < 4.78 is 15.9. The molecular weight excluding hydrogens is 282 g/mol. The fourth-order valence-corrected chi connectivity index (χ4v) is 3.06. The molecule has 1 aliphatic rings. The summed E-state index contributed by atoms with van der Waals surface area (Å²) in [6.45, 7) is 5.02. The van der Waals surface area contributed by atoms with Gasteiger partial charge in [-0.2, -0.15) is 0 Å². The van der Waals surface area contributed by atoms with Crippen LogP contribution in [0.4, 0.5) is 0 Å². The molecule has 1 heterocycles. The number of piperidine rings is 1. The number of benzene rings is 1. The second-order valence-corrected chi connectivity index (χ2v) is 5.65. The average molecular weight is 308 g/mol. The maximum absolute atomic E-state index is 11.9. The molecule has 0 saturated carbocycles. The largest absolute Gasteiger partial charge is 0.497 e. The van der Waals surface area contributed by atoms with Crippen LogP contribution >= 0.6 is 0 Å². The molecule has 0 aromatic heterocycles. The molecular formula is C17H26NO4+. The number of esters is 1. The predicted molar refractivity (Wildman–Crippen MR) is 83.3 cm³/mol. The van der Waals surface area contributed by atoms with E-state index in [0.29, 0.717) is 6.61 Å². The highest BCUT2D eigenvalue weighted by Gasteiger charge is 2.30. The zero-order chi connectivity index (χ0) is 15.9. The Balaban J connectivity index is 2.05. The van der Waals surface area contributed by atoms with Crippen LogP contribution in [0.2, 0.25) is 0 Å². The predicted octanol–water partition coefficient (Wildman–Crippen LogP) is 1.06. The number of carbonyl (C=O) groups is 1. The standard InChI is InChI=1S/C17H25NO4/c1-4-22-17(19)13-6-5-9-18(11-13)12-14-10-15(20-2)7-8-16(14)21-3/h7-8,10,13H,4-6,9,11-12H2,1-3H3/p+1/t13-/m0/s1. The molecule has 1 fully saturated rings. The number of hydrogen-bond donors (Lipinski definition) is 1. The fourth-order valence-electron chi connectivity index (χ4n) is 3.06. The van der Waals surface area contributed by atoms with Crippen molar-refractivity contribution in [2.75, 3.05) is 33.9 Å². The quantitative estimate of drug-likeness (QED) is 0.799. The van der Waals surface area contributed by atoms with Crippen molar-refractivity contribution in [3.8, 4) is 11.5 Å². The van der Waals surface area contributed by atoms with Gasteiger partial charge in [-0.05, 0) is 38.0 Å². The number of carbonyl (C=O) groups excluding carboxylic acids is 1. The van der Waals surface area contributed by atoms with Gasteiger partial charge < -0.3 is 19.1 Å². The Bertz CT molecular complexity index is 503. The Labute approximate surface area is 132 Å². The number of rotatable bonds is 6. The lowest BCUT2D eigenvalue weighted by Crippen LogP contribution is -3.12. The molecule has 1 N–H and O–H groups in total. The summed E-state index contributed by atoms with van der Waals surface area (Å²) >= 11 is 0. The van der Waals surface area contributed by atoms with Gasteiger partial charge in [-0.25, -0.2) is 0 Å². The Kier molecular flexibility index (Phi) is 6.07. The number of hydrogen-bond acceptors (Lipinski definition) is 4. The third kappa shape index (κ3) is 4.13. The summed E-state index contributed by atoms with van der Waals surface area (Å²) in [6, 6.07) is 5.84. The molecule has 0 spiro atoms. The van der Waals surface area contributed by atoms with Gasteiger partial charge >= 0.3 is 5.97 Å². The van der Waals surface area contributed by atoms with E-state index in [-0.39, 0.29) is 11.9 Å². The number of likely N-dealkylation sites (tertiary alicyclic amines) is 1. The van der Waals surface area contributed by atoms with Crippen LogP contribution < -0.4 is 14.4 Å². The van der Waals surface area contributed by atoms with Crippen molar-refractivity contribution in [3.05, 3.63) is 23.8 Å². The summed E-state index contributed by atoms with van der Waals surface area (Å²) in [5, 5.41) is 0. The summed E-state index contributed by atoms with van der Waals surface area (Å²) in [7, 11) is 3.34. The maximum Gasteiger partial charge on any atom is 0.314 e. The molecule has 2 atom stereocenters. The van der Waals surface area contributed by atoms with Crippen molar-refractivity contribution >= 4 is 5.97 Å². The molecule has 5 nitrogen and oxygen atoms in total. The first-order valence-corrected chi connectivity index (χ1v) is 7.89. The van der Waals surface area contributed by atoms with E-state index in [4.69, 9.17) is 14.2 Å². The zero-order valence-electron chi connectivity index (χ0n) is 13.7. The SMILES string of the molecule is CCOC(=O)[C@H]1CCC[NH+](Cc2cc(OC)ccc2OC)C1. The van der Waals surface area contributed by atoms with Gasteiger partial charge in [0.15, 0.2) is 0 Å². The molecule has 1 aliphatic heterocycles. The minimum absolute atomic E-state index is 0.0142. The molecule has 0 radical (unpaired) electrons. The van der Waals surface area contributed by atoms with E-state index >= 15 is 0 Å². The van der Waals surface area contributed by atoms with Crippen LogP contribution in [0.5, 0.6) is 11.5 Å². The maximum atomic E-state index is 11.9. The monoisotopic (exact) mass is 308 g/mol. The van der Waals surface area contributed by atoms with Crippen LogP contribution in [0.25, 0.3) is 0 Å². The van der Waals surface area contributed by atoms with Crippen molar-refractivity contribution in [2.45, 2.75) is 26.3 Å². The van der Waals surface area contributed by atoms with Gasteiger partial charge in [0.2, 0.25) is 0 Å². The van der Waals surface area contributed by atoms with Gasteiger partial charge in [0.05, 0.1) is 39.5 Å². The van der Waals surface area contributed by atoms with E-state index in [0.717, 1.165) is 49.5 Å². The molecule has 1 saturated heterocycles. The molecule has 0 aliphatic carbocycles. The number of ether oxygens (including phenoxy) is 3. The molecule has 0 bridgehead atoms. The van der Waals surface area contributed by atoms with E-state index in [1.54, 1.807) is 14.2 Å². The minimum Gasteiger partial charge on any atom is -0.497 e. The van der Waals surface area contributed by atoms with Gasteiger partial charge in [-0.15, -0.1) is 0 Å². The Hall–Kier alpha value is -1.75. The van der Waals surface area contributed by atoms with Crippen LogP contribution in [0.15, 0.2) is 18.2 Å². The lowest BCUT2D eigenvalue weighted by Gasteiger charge is -2.29. The van der Waals surface area contributed by atoms with Crippen LogP contribution in [0.3, 0.4) is 0 Å². The van der Waals surface area contributed by atoms with Crippen molar-refractivity contribution in [1.82, 2.24) is 0 Å². The normalized spacial score (nSPS) is 21.2. The lowest BCUT2D eigenvalue weighted by molar-refractivity contribution is -0.921. The molecule has 22 heavy (non-hydrogen) atoms. The van der Waals surface area contributed by atoms with E-state index in [2.05, 4.69) is 0 Å². The van der Waals surface area contributed by atoms with Gasteiger partial charge in [-0.3, -0.25) is 4.79 Å². The number of nitrogens with one attached hydrogen (secondary N) is 1. The zero-order valence-corrected chi connectivity index (χ0v) is 13.7. The number of methoxy groups -OCH3 is 2. The van der Waals surface area contributed by atoms with Crippen molar-refractivity contribution < 1.29 is 23.9 Å². The van der Waals surface area contributed by atoms with E-state index in [9.17, 15) is 4.79 Å². The molecule has 5 heteroatoms. The molecule has 2 rings (SSSR count).